The molecule has 8 nitrogen and oxygen atoms in total. The Morgan fingerprint density at radius 2 is 1.89 bits per heavy atom. The van der Waals surface area contributed by atoms with Gasteiger partial charge < -0.3 is 15.5 Å². The van der Waals surface area contributed by atoms with E-state index in [4.69, 9.17) is 0 Å². The summed E-state index contributed by atoms with van der Waals surface area (Å²) in [5.74, 6) is 0.163. The molecule has 0 unspecified atom stereocenters. The maximum atomic E-state index is 12.8. The highest BCUT2D eigenvalue weighted by atomic mass is 16.1. The summed E-state index contributed by atoms with van der Waals surface area (Å²) in [5.41, 5.74) is 2.68. The molecular formula is C19H19N7O. The summed E-state index contributed by atoms with van der Waals surface area (Å²) in [4.78, 5) is 31.8. The Hall–Kier alpha value is -3.39. The van der Waals surface area contributed by atoms with Gasteiger partial charge in [-0.3, -0.25) is 14.8 Å². The summed E-state index contributed by atoms with van der Waals surface area (Å²) in [5, 5.41) is 6.26. The second kappa shape index (κ2) is 7.88. The van der Waals surface area contributed by atoms with E-state index in [9.17, 15) is 4.79 Å². The van der Waals surface area contributed by atoms with Crippen LogP contribution in [-0.2, 0) is 0 Å². The predicted octanol–water partition coefficient (Wildman–Crippen LogP) is 1.60. The number of rotatable bonds is 4. The second-order valence-corrected chi connectivity index (χ2v) is 6.09. The zero-order valence-electron chi connectivity index (χ0n) is 14.7. The zero-order valence-corrected chi connectivity index (χ0v) is 14.7. The molecule has 3 aromatic rings. The van der Waals surface area contributed by atoms with Gasteiger partial charge in [0.05, 0.1) is 17.6 Å². The molecule has 0 bridgehead atoms. The van der Waals surface area contributed by atoms with Crippen molar-refractivity contribution < 1.29 is 4.79 Å². The Kier molecular flexibility index (Phi) is 4.97. The van der Waals surface area contributed by atoms with Crippen LogP contribution in [0.15, 0.2) is 55.2 Å². The number of carbonyl (C=O) groups is 1. The molecule has 4 heterocycles. The van der Waals surface area contributed by atoms with Crippen LogP contribution in [-0.4, -0.2) is 52.0 Å². The molecule has 0 aliphatic carbocycles. The number of hydrogen-bond acceptors (Lipinski definition) is 7. The van der Waals surface area contributed by atoms with E-state index < -0.39 is 0 Å². The van der Waals surface area contributed by atoms with E-state index in [0.717, 1.165) is 37.4 Å². The summed E-state index contributed by atoms with van der Waals surface area (Å²) in [6.07, 6.45) is 8.32. The third-order valence-electron chi connectivity index (χ3n) is 4.31. The van der Waals surface area contributed by atoms with Crippen molar-refractivity contribution in [3.8, 4) is 11.4 Å². The molecule has 27 heavy (non-hydrogen) atoms. The van der Waals surface area contributed by atoms with Gasteiger partial charge in [-0.15, -0.1) is 0 Å². The Labute approximate surface area is 156 Å². The van der Waals surface area contributed by atoms with Crippen molar-refractivity contribution in [3.63, 3.8) is 0 Å². The van der Waals surface area contributed by atoms with E-state index in [1.54, 1.807) is 43.1 Å². The highest BCUT2D eigenvalue weighted by Crippen LogP contribution is 2.25. The molecule has 8 heteroatoms. The minimum absolute atomic E-state index is 0.291. The van der Waals surface area contributed by atoms with Gasteiger partial charge in [-0.25, -0.2) is 9.97 Å². The molecule has 136 valence electrons. The number of pyridine rings is 2. The largest absolute Gasteiger partial charge is 0.367 e. The van der Waals surface area contributed by atoms with Crippen LogP contribution in [0, 0.1) is 0 Å². The second-order valence-electron chi connectivity index (χ2n) is 6.09. The van der Waals surface area contributed by atoms with Gasteiger partial charge in [-0.05, 0) is 24.3 Å². The lowest BCUT2D eigenvalue weighted by molar-refractivity contribution is 0.102. The minimum Gasteiger partial charge on any atom is -0.367 e. The molecule has 1 amide bonds. The van der Waals surface area contributed by atoms with Crippen LogP contribution in [0.3, 0.4) is 0 Å². The van der Waals surface area contributed by atoms with E-state index in [1.165, 1.54) is 0 Å². The number of nitrogens with one attached hydrogen (secondary N) is 2. The van der Waals surface area contributed by atoms with Crippen molar-refractivity contribution in [1.82, 2.24) is 25.3 Å². The highest BCUT2D eigenvalue weighted by Gasteiger charge is 2.17. The SMILES string of the molecule is O=C(Nc1cnccc1N1CCNCC1)c1ccnc(-c2cccnc2)n1. The Morgan fingerprint density at radius 1 is 1.04 bits per heavy atom. The molecule has 2 N–H and O–H groups in total. The van der Waals surface area contributed by atoms with Crippen molar-refractivity contribution in [1.29, 1.82) is 0 Å². The molecule has 1 aliphatic rings. The highest BCUT2D eigenvalue weighted by molar-refractivity contribution is 6.04. The lowest BCUT2D eigenvalue weighted by Gasteiger charge is -2.30. The summed E-state index contributed by atoms with van der Waals surface area (Å²) < 4.78 is 0. The Morgan fingerprint density at radius 3 is 2.70 bits per heavy atom. The number of piperazine rings is 1. The third-order valence-corrected chi connectivity index (χ3v) is 4.31. The Bertz CT molecular complexity index is 926. The topological polar surface area (TPSA) is 95.9 Å². The summed E-state index contributed by atoms with van der Waals surface area (Å²) >= 11 is 0. The summed E-state index contributed by atoms with van der Waals surface area (Å²) in [6.45, 7) is 3.59. The first-order valence-electron chi connectivity index (χ1n) is 8.76. The van der Waals surface area contributed by atoms with Crippen LogP contribution in [0.2, 0.25) is 0 Å². The molecule has 0 atom stereocenters. The van der Waals surface area contributed by atoms with Crippen molar-refractivity contribution in [3.05, 3.63) is 60.9 Å². The van der Waals surface area contributed by atoms with Gasteiger partial charge in [0.2, 0.25) is 0 Å². The average molecular weight is 361 g/mol. The number of aromatic nitrogens is 4. The quantitative estimate of drug-likeness (QED) is 0.728. The molecular weight excluding hydrogens is 342 g/mol. The number of hydrogen-bond donors (Lipinski definition) is 2. The predicted molar refractivity (Wildman–Crippen MR) is 103 cm³/mol. The maximum Gasteiger partial charge on any atom is 0.274 e. The lowest BCUT2D eigenvalue weighted by atomic mass is 10.2. The Balaban J connectivity index is 1.57. The third kappa shape index (κ3) is 3.90. The van der Waals surface area contributed by atoms with Crippen molar-refractivity contribution >= 4 is 17.3 Å². The molecule has 3 aromatic heterocycles. The first-order chi connectivity index (χ1) is 13.3. The smallest absolute Gasteiger partial charge is 0.274 e. The molecule has 0 aromatic carbocycles. The maximum absolute atomic E-state index is 12.8. The molecule has 0 spiro atoms. The first kappa shape index (κ1) is 17.0. The van der Waals surface area contributed by atoms with E-state index in [2.05, 4.69) is 35.5 Å². The lowest BCUT2D eigenvalue weighted by Crippen LogP contribution is -2.43. The van der Waals surface area contributed by atoms with Crippen LogP contribution in [0.25, 0.3) is 11.4 Å². The zero-order chi connectivity index (χ0) is 18.5. The van der Waals surface area contributed by atoms with Gasteiger partial charge in [0.25, 0.3) is 5.91 Å². The fraction of sp³-hybridized carbons (Fsp3) is 0.211. The molecule has 0 radical (unpaired) electrons. The van der Waals surface area contributed by atoms with E-state index in [-0.39, 0.29) is 5.91 Å². The van der Waals surface area contributed by atoms with Crippen molar-refractivity contribution in [2.45, 2.75) is 0 Å². The van der Waals surface area contributed by atoms with Gasteiger partial charge in [-0.2, -0.15) is 0 Å². The fourth-order valence-electron chi connectivity index (χ4n) is 2.97. The van der Waals surface area contributed by atoms with Gasteiger partial charge in [0, 0.05) is 56.5 Å². The fourth-order valence-corrected chi connectivity index (χ4v) is 2.97. The van der Waals surface area contributed by atoms with Crippen LogP contribution >= 0.6 is 0 Å². The minimum atomic E-state index is -0.299. The number of anilines is 2. The van der Waals surface area contributed by atoms with Crippen LogP contribution in [0.4, 0.5) is 11.4 Å². The van der Waals surface area contributed by atoms with Crippen molar-refractivity contribution in [2.24, 2.45) is 0 Å². The van der Waals surface area contributed by atoms with E-state index >= 15 is 0 Å². The van der Waals surface area contributed by atoms with Gasteiger partial charge in [0.1, 0.15) is 5.69 Å². The molecule has 1 fully saturated rings. The van der Waals surface area contributed by atoms with E-state index in [1.807, 2.05) is 12.1 Å². The van der Waals surface area contributed by atoms with Crippen LogP contribution in [0.1, 0.15) is 10.5 Å². The monoisotopic (exact) mass is 361 g/mol. The molecule has 1 aliphatic heterocycles. The average Bonchev–Trinajstić information content (AvgIpc) is 2.75. The first-order valence-corrected chi connectivity index (χ1v) is 8.76. The van der Waals surface area contributed by atoms with Crippen LogP contribution in [0.5, 0.6) is 0 Å². The van der Waals surface area contributed by atoms with Crippen LogP contribution < -0.4 is 15.5 Å². The molecule has 1 saturated heterocycles. The summed E-state index contributed by atoms with van der Waals surface area (Å²) in [7, 11) is 0. The number of amides is 1. The van der Waals surface area contributed by atoms with E-state index in [0.29, 0.717) is 17.2 Å². The standard InChI is InChI=1S/C19H19N7O/c27-19(15-3-7-23-18(24-15)14-2-1-5-21-12-14)25-16-13-22-6-4-17(16)26-10-8-20-9-11-26/h1-7,12-13,20H,8-11H2,(H,25,27). The van der Waals surface area contributed by atoms with Gasteiger partial charge in [-0.1, -0.05) is 0 Å². The van der Waals surface area contributed by atoms with Gasteiger partial charge in [0.15, 0.2) is 5.82 Å². The molecule has 4 rings (SSSR count). The molecule has 0 saturated carbocycles. The summed E-state index contributed by atoms with van der Waals surface area (Å²) in [6, 6.07) is 7.17. The number of carbonyl (C=O) groups excluding carboxylic acids is 1. The number of nitrogens with zero attached hydrogens (tertiary/aromatic N) is 5. The van der Waals surface area contributed by atoms with Gasteiger partial charge >= 0.3 is 0 Å². The normalized spacial score (nSPS) is 14.0. The van der Waals surface area contributed by atoms with Crippen molar-refractivity contribution in [2.75, 3.05) is 36.4 Å².